The number of para-hydroxylation sites is 1. The van der Waals surface area contributed by atoms with E-state index in [1.54, 1.807) is 0 Å². The molecule has 2 N–H and O–H groups in total. The highest BCUT2D eigenvalue weighted by Gasteiger charge is 2.24. The van der Waals surface area contributed by atoms with Crippen molar-refractivity contribution >= 4 is 40.6 Å². The molecule has 1 saturated heterocycles. The summed E-state index contributed by atoms with van der Waals surface area (Å²) in [6, 6.07) is 31.9. The topological polar surface area (TPSA) is 59.6 Å². The molecule has 40 heavy (non-hydrogen) atoms. The number of benzene rings is 3. The van der Waals surface area contributed by atoms with Crippen LogP contribution in [0.3, 0.4) is 0 Å². The Hall–Kier alpha value is -4.17. The highest BCUT2D eigenvalue weighted by Crippen LogP contribution is 2.30. The molecule has 7 nitrogen and oxygen atoms in total. The molecular formula is C32H35N7S. The summed E-state index contributed by atoms with van der Waals surface area (Å²) in [4.78, 5) is 16.9. The molecule has 2 aliphatic rings. The van der Waals surface area contributed by atoms with E-state index in [1.165, 1.54) is 22.4 Å². The van der Waals surface area contributed by atoms with Gasteiger partial charge in [-0.15, -0.1) is 0 Å². The van der Waals surface area contributed by atoms with E-state index in [0.717, 1.165) is 70.3 Å². The third-order valence-corrected chi connectivity index (χ3v) is 7.83. The molecule has 0 saturated carbocycles. The first-order chi connectivity index (χ1) is 19.7. The van der Waals surface area contributed by atoms with Gasteiger partial charge in [-0.1, -0.05) is 72.8 Å². The van der Waals surface area contributed by atoms with Crippen LogP contribution in [0.2, 0.25) is 0 Å². The lowest BCUT2D eigenvalue weighted by molar-refractivity contribution is 0.647. The van der Waals surface area contributed by atoms with Crippen molar-refractivity contribution in [2.24, 2.45) is 0 Å². The van der Waals surface area contributed by atoms with Crippen LogP contribution in [0.25, 0.3) is 0 Å². The molecule has 2 aliphatic heterocycles. The molecule has 204 valence electrons. The molecular weight excluding hydrogens is 514 g/mol. The Balaban J connectivity index is 1.14. The van der Waals surface area contributed by atoms with Crippen molar-refractivity contribution in [3.63, 3.8) is 0 Å². The fourth-order valence-corrected chi connectivity index (χ4v) is 5.61. The van der Waals surface area contributed by atoms with E-state index < -0.39 is 0 Å². The predicted octanol–water partition coefficient (Wildman–Crippen LogP) is 5.24. The lowest BCUT2D eigenvalue weighted by Crippen LogP contribution is -2.47. The van der Waals surface area contributed by atoms with E-state index >= 15 is 0 Å². The largest absolute Gasteiger partial charge is 0.368 e. The first-order valence-corrected chi connectivity index (χ1v) is 14.5. The highest BCUT2D eigenvalue weighted by molar-refractivity contribution is 7.80. The Kier molecular flexibility index (Phi) is 8.05. The van der Waals surface area contributed by atoms with Gasteiger partial charge in [0.15, 0.2) is 5.11 Å². The molecule has 0 aliphatic carbocycles. The van der Waals surface area contributed by atoms with E-state index in [9.17, 15) is 0 Å². The number of fused-ring (bicyclic) bond motifs is 1. The zero-order chi connectivity index (χ0) is 27.1. The van der Waals surface area contributed by atoms with Gasteiger partial charge in [0.05, 0.1) is 0 Å². The van der Waals surface area contributed by atoms with Crippen molar-refractivity contribution < 1.29 is 0 Å². The SMILES string of the molecule is S=C(NCCCc1ccccc1)Nc1nc(N2CCN(c3ccccc3)CC2)cc(N2Cc3ccccc3C2)n1. The van der Waals surface area contributed by atoms with Crippen molar-refractivity contribution in [2.75, 3.05) is 52.7 Å². The normalized spacial score (nSPS) is 14.7. The summed E-state index contributed by atoms with van der Waals surface area (Å²) in [6.07, 6.45) is 2.01. The van der Waals surface area contributed by atoms with Gasteiger partial charge < -0.3 is 25.3 Å². The maximum absolute atomic E-state index is 5.63. The Morgan fingerprint density at radius 1 is 0.700 bits per heavy atom. The van der Waals surface area contributed by atoms with Crippen molar-refractivity contribution in [1.29, 1.82) is 0 Å². The average molecular weight is 550 g/mol. The minimum atomic E-state index is 0.537. The molecule has 1 aromatic heterocycles. The smallest absolute Gasteiger partial charge is 0.232 e. The molecule has 3 heterocycles. The van der Waals surface area contributed by atoms with Gasteiger partial charge in [0.1, 0.15) is 11.6 Å². The van der Waals surface area contributed by atoms with Crippen LogP contribution in [0.15, 0.2) is 91.0 Å². The van der Waals surface area contributed by atoms with Crippen LogP contribution in [0.4, 0.5) is 23.3 Å². The van der Waals surface area contributed by atoms with Gasteiger partial charge in [-0.05, 0) is 53.9 Å². The van der Waals surface area contributed by atoms with Gasteiger partial charge in [-0.2, -0.15) is 9.97 Å². The second-order valence-electron chi connectivity index (χ2n) is 10.3. The average Bonchev–Trinajstić information content (AvgIpc) is 3.45. The quantitative estimate of drug-likeness (QED) is 0.229. The second-order valence-corrected chi connectivity index (χ2v) is 10.7. The summed E-state index contributed by atoms with van der Waals surface area (Å²) in [5, 5.41) is 7.16. The fourth-order valence-electron chi connectivity index (χ4n) is 5.41. The van der Waals surface area contributed by atoms with Crippen LogP contribution in [0.5, 0.6) is 0 Å². The van der Waals surface area contributed by atoms with E-state index in [1.807, 2.05) is 6.07 Å². The van der Waals surface area contributed by atoms with Gasteiger partial charge in [0.25, 0.3) is 0 Å². The highest BCUT2D eigenvalue weighted by atomic mass is 32.1. The summed E-state index contributed by atoms with van der Waals surface area (Å²) in [6.45, 7) is 6.16. The van der Waals surface area contributed by atoms with E-state index in [-0.39, 0.29) is 0 Å². The van der Waals surface area contributed by atoms with Gasteiger partial charge in [-0.3, -0.25) is 0 Å². The maximum Gasteiger partial charge on any atom is 0.232 e. The molecule has 0 atom stereocenters. The minimum absolute atomic E-state index is 0.537. The number of nitrogens with one attached hydrogen (secondary N) is 2. The van der Waals surface area contributed by atoms with Gasteiger partial charge in [0.2, 0.25) is 5.95 Å². The van der Waals surface area contributed by atoms with Crippen molar-refractivity contribution in [3.05, 3.63) is 108 Å². The van der Waals surface area contributed by atoms with Crippen LogP contribution in [0, 0.1) is 0 Å². The monoisotopic (exact) mass is 549 g/mol. The first kappa shape index (κ1) is 26.1. The molecule has 4 aromatic rings. The first-order valence-electron chi connectivity index (χ1n) is 14.1. The van der Waals surface area contributed by atoms with Gasteiger partial charge in [-0.25, -0.2) is 0 Å². The summed E-state index contributed by atoms with van der Waals surface area (Å²) < 4.78 is 0. The summed E-state index contributed by atoms with van der Waals surface area (Å²) in [5.74, 6) is 2.39. The third kappa shape index (κ3) is 6.34. The summed E-state index contributed by atoms with van der Waals surface area (Å²) in [7, 11) is 0. The third-order valence-electron chi connectivity index (χ3n) is 7.58. The molecule has 1 fully saturated rings. The van der Waals surface area contributed by atoms with E-state index in [0.29, 0.717) is 11.1 Å². The van der Waals surface area contributed by atoms with Gasteiger partial charge in [0, 0.05) is 57.6 Å². The number of aromatic nitrogens is 2. The van der Waals surface area contributed by atoms with Crippen LogP contribution in [-0.2, 0) is 19.5 Å². The molecule has 8 heteroatoms. The summed E-state index contributed by atoms with van der Waals surface area (Å²) in [5.41, 5.74) is 5.31. The Morgan fingerprint density at radius 3 is 1.95 bits per heavy atom. The number of hydrogen-bond acceptors (Lipinski definition) is 6. The number of anilines is 4. The van der Waals surface area contributed by atoms with Crippen LogP contribution in [0.1, 0.15) is 23.1 Å². The Bertz CT molecular complexity index is 1400. The lowest BCUT2D eigenvalue weighted by atomic mass is 10.1. The van der Waals surface area contributed by atoms with Crippen molar-refractivity contribution in [1.82, 2.24) is 15.3 Å². The number of hydrogen-bond donors (Lipinski definition) is 2. The molecule has 3 aromatic carbocycles. The van der Waals surface area contributed by atoms with Crippen molar-refractivity contribution in [2.45, 2.75) is 25.9 Å². The Morgan fingerprint density at radius 2 is 1.27 bits per heavy atom. The number of thiocarbonyl (C=S) groups is 1. The van der Waals surface area contributed by atoms with Crippen molar-refractivity contribution in [3.8, 4) is 0 Å². The lowest BCUT2D eigenvalue weighted by Gasteiger charge is -2.37. The van der Waals surface area contributed by atoms with Gasteiger partial charge >= 0.3 is 0 Å². The van der Waals surface area contributed by atoms with E-state index in [2.05, 4.69) is 110 Å². The van der Waals surface area contributed by atoms with Crippen LogP contribution in [-0.4, -0.2) is 47.8 Å². The predicted molar refractivity (Wildman–Crippen MR) is 168 cm³/mol. The van der Waals surface area contributed by atoms with Crippen LogP contribution < -0.4 is 25.3 Å². The number of aryl methyl sites for hydroxylation is 1. The molecule has 0 bridgehead atoms. The molecule has 0 unspecified atom stereocenters. The minimum Gasteiger partial charge on any atom is -0.368 e. The van der Waals surface area contributed by atoms with E-state index in [4.69, 9.17) is 22.2 Å². The molecule has 0 amide bonds. The number of nitrogens with zero attached hydrogens (tertiary/aromatic N) is 5. The standard InChI is InChI=1S/C32H35N7S/c40-32(33-17-9-12-25-10-3-1-4-11-25)36-31-34-29(38-20-18-37(19-21-38)28-15-5-2-6-16-28)22-30(35-31)39-23-26-13-7-8-14-27(26)24-39/h1-8,10-11,13-16,22H,9,12,17-21,23-24H2,(H2,33,34,35,36,40). The Labute approximate surface area is 241 Å². The number of piperazine rings is 1. The summed E-state index contributed by atoms with van der Waals surface area (Å²) >= 11 is 5.63. The fraction of sp³-hybridized carbons (Fsp3) is 0.281. The molecule has 0 radical (unpaired) electrons. The van der Waals surface area contributed by atoms with Crippen LogP contribution >= 0.6 is 12.2 Å². The zero-order valence-electron chi connectivity index (χ0n) is 22.7. The second kappa shape index (κ2) is 12.3. The maximum atomic E-state index is 5.63. The number of rotatable bonds is 8. The molecule has 6 rings (SSSR count). The zero-order valence-corrected chi connectivity index (χ0v) is 23.5. The molecule has 0 spiro atoms.